The van der Waals surface area contributed by atoms with Gasteiger partial charge in [0.05, 0.1) is 5.69 Å². The molecule has 0 bridgehead atoms. The number of nitrogens with zero attached hydrogens (tertiary/aromatic N) is 1. The summed E-state index contributed by atoms with van der Waals surface area (Å²) < 4.78 is 5.01. The summed E-state index contributed by atoms with van der Waals surface area (Å²) in [5.74, 6) is 0. The SMILES string of the molecule is COC(N)(CN)c1ccn[nH]1. The average Bonchev–Trinajstić information content (AvgIpc) is 2.55. The van der Waals surface area contributed by atoms with Gasteiger partial charge in [-0.2, -0.15) is 5.10 Å². The number of nitrogens with one attached hydrogen (secondary N) is 1. The Morgan fingerprint density at radius 2 is 2.55 bits per heavy atom. The van der Waals surface area contributed by atoms with Crippen LogP contribution in [0.25, 0.3) is 0 Å². The van der Waals surface area contributed by atoms with E-state index < -0.39 is 5.72 Å². The molecule has 5 heteroatoms. The van der Waals surface area contributed by atoms with Gasteiger partial charge in [-0.05, 0) is 6.07 Å². The number of ether oxygens (including phenoxy) is 1. The number of aromatic nitrogens is 2. The summed E-state index contributed by atoms with van der Waals surface area (Å²) in [4.78, 5) is 0. The molecule has 1 heterocycles. The van der Waals surface area contributed by atoms with Crippen LogP contribution in [0.2, 0.25) is 0 Å². The first kappa shape index (κ1) is 8.19. The van der Waals surface area contributed by atoms with E-state index in [2.05, 4.69) is 10.2 Å². The second-order valence-electron chi connectivity index (χ2n) is 2.27. The number of hydrogen-bond acceptors (Lipinski definition) is 4. The highest BCUT2D eigenvalue weighted by Crippen LogP contribution is 2.13. The van der Waals surface area contributed by atoms with E-state index in [1.165, 1.54) is 7.11 Å². The Bertz CT molecular complexity index is 204. The Balaban J connectivity index is 2.87. The van der Waals surface area contributed by atoms with E-state index in [1.54, 1.807) is 12.3 Å². The number of nitrogens with two attached hydrogens (primary N) is 2. The largest absolute Gasteiger partial charge is 0.357 e. The molecule has 1 rings (SSSR count). The average molecular weight is 156 g/mol. The lowest BCUT2D eigenvalue weighted by molar-refractivity contribution is -0.00505. The van der Waals surface area contributed by atoms with Gasteiger partial charge in [0.1, 0.15) is 0 Å². The molecule has 0 amide bonds. The maximum absolute atomic E-state index is 5.74. The van der Waals surface area contributed by atoms with Crippen molar-refractivity contribution in [2.24, 2.45) is 11.5 Å². The Labute approximate surface area is 64.7 Å². The number of hydrogen-bond donors (Lipinski definition) is 3. The molecule has 0 radical (unpaired) electrons. The zero-order valence-electron chi connectivity index (χ0n) is 6.37. The second-order valence-corrected chi connectivity index (χ2v) is 2.27. The van der Waals surface area contributed by atoms with Crippen molar-refractivity contribution >= 4 is 0 Å². The van der Waals surface area contributed by atoms with Crippen molar-refractivity contribution in [3.63, 3.8) is 0 Å². The minimum Gasteiger partial charge on any atom is -0.357 e. The predicted molar refractivity (Wildman–Crippen MR) is 40.5 cm³/mol. The van der Waals surface area contributed by atoms with Gasteiger partial charge in [-0.15, -0.1) is 0 Å². The molecule has 0 aliphatic carbocycles. The molecule has 1 aromatic rings. The van der Waals surface area contributed by atoms with Gasteiger partial charge in [0.2, 0.25) is 0 Å². The van der Waals surface area contributed by atoms with Gasteiger partial charge in [0.15, 0.2) is 5.72 Å². The molecule has 0 aliphatic heterocycles. The van der Waals surface area contributed by atoms with Crippen molar-refractivity contribution in [3.05, 3.63) is 18.0 Å². The summed E-state index contributed by atoms with van der Waals surface area (Å²) >= 11 is 0. The molecule has 62 valence electrons. The first-order valence-corrected chi connectivity index (χ1v) is 3.27. The molecule has 0 saturated heterocycles. The van der Waals surface area contributed by atoms with Crippen LogP contribution in [0.3, 0.4) is 0 Å². The third-order valence-electron chi connectivity index (χ3n) is 1.62. The molecular formula is C6H12N4O. The number of aromatic amines is 1. The molecule has 0 fully saturated rings. The normalized spacial score (nSPS) is 16.3. The Morgan fingerprint density at radius 3 is 2.91 bits per heavy atom. The number of rotatable bonds is 3. The molecular weight excluding hydrogens is 144 g/mol. The zero-order valence-corrected chi connectivity index (χ0v) is 6.37. The van der Waals surface area contributed by atoms with Crippen molar-refractivity contribution < 1.29 is 4.74 Å². The molecule has 0 saturated carbocycles. The molecule has 5 N–H and O–H groups in total. The van der Waals surface area contributed by atoms with E-state index in [4.69, 9.17) is 16.2 Å². The van der Waals surface area contributed by atoms with Crippen LogP contribution in [0.4, 0.5) is 0 Å². The van der Waals surface area contributed by atoms with Crippen LogP contribution in [-0.4, -0.2) is 23.9 Å². The monoisotopic (exact) mass is 156 g/mol. The lowest BCUT2D eigenvalue weighted by Crippen LogP contribution is -2.46. The van der Waals surface area contributed by atoms with E-state index in [9.17, 15) is 0 Å². The number of methoxy groups -OCH3 is 1. The van der Waals surface area contributed by atoms with Gasteiger partial charge < -0.3 is 10.5 Å². The van der Waals surface area contributed by atoms with Crippen LogP contribution >= 0.6 is 0 Å². The van der Waals surface area contributed by atoms with Gasteiger partial charge in [0, 0.05) is 19.9 Å². The van der Waals surface area contributed by atoms with Crippen LogP contribution in [0, 0.1) is 0 Å². The van der Waals surface area contributed by atoms with Gasteiger partial charge in [-0.25, -0.2) is 0 Å². The molecule has 0 aliphatic rings. The summed E-state index contributed by atoms with van der Waals surface area (Å²) in [6.07, 6.45) is 1.60. The summed E-state index contributed by atoms with van der Waals surface area (Å²) in [7, 11) is 1.51. The maximum atomic E-state index is 5.74. The Morgan fingerprint density at radius 1 is 1.82 bits per heavy atom. The number of H-pyrrole nitrogens is 1. The third-order valence-corrected chi connectivity index (χ3v) is 1.62. The van der Waals surface area contributed by atoms with Gasteiger partial charge >= 0.3 is 0 Å². The van der Waals surface area contributed by atoms with Crippen molar-refractivity contribution in [1.29, 1.82) is 0 Å². The minimum atomic E-state index is -0.934. The molecule has 1 unspecified atom stereocenters. The lowest BCUT2D eigenvalue weighted by Gasteiger charge is -2.23. The molecule has 0 aromatic carbocycles. The van der Waals surface area contributed by atoms with Crippen molar-refractivity contribution in [2.45, 2.75) is 5.72 Å². The van der Waals surface area contributed by atoms with Gasteiger partial charge in [-0.1, -0.05) is 0 Å². The fourth-order valence-corrected chi connectivity index (χ4v) is 0.795. The summed E-state index contributed by atoms with van der Waals surface area (Å²) in [5.41, 5.74) is 10.9. The Hall–Kier alpha value is -0.910. The molecule has 1 aromatic heterocycles. The van der Waals surface area contributed by atoms with Crippen LogP contribution in [0.1, 0.15) is 5.69 Å². The maximum Gasteiger partial charge on any atom is 0.171 e. The van der Waals surface area contributed by atoms with Crippen LogP contribution in [-0.2, 0) is 10.5 Å². The zero-order chi connectivity index (χ0) is 8.32. The highest BCUT2D eigenvalue weighted by molar-refractivity contribution is 5.08. The van der Waals surface area contributed by atoms with Gasteiger partial charge in [0.25, 0.3) is 0 Å². The highest BCUT2D eigenvalue weighted by atomic mass is 16.5. The van der Waals surface area contributed by atoms with E-state index in [1.807, 2.05) is 0 Å². The van der Waals surface area contributed by atoms with E-state index >= 15 is 0 Å². The van der Waals surface area contributed by atoms with Crippen LogP contribution in [0.15, 0.2) is 12.3 Å². The third kappa shape index (κ3) is 1.40. The smallest absolute Gasteiger partial charge is 0.171 e. The first-order valence-electron chi connectivity index (χ1n) is 3.27. The predicted octanol–water partition coefficient (Wildman–Crippen LogP) is -0.874. The summed E-state index contributed by atoms with van der Waals surface area (Å²) in [6, 6.07) is 1.73. The first-order chi connectivity index (χ1) is 5.23. The summed E-state index contributed by atoms with van der Waals surface area (Å²) in [5, 5.41) is 6.44. The van der Waals surface area contributed by atoms with Crippen LogP contribution < -0.4 is 11.5 Å². The fraction of sp³-hybridized carbons (Fsp3) is 0.500. The lowest BCUT2D eigenvalue weighted by atomic mass is 10.1. The highest BCUT2D eigenvalue weighted by Gasteiger charge is 2.26. The van der Waals surface area contributed by atoms with E-state index in [0.717, 1.165) is 0 Å². The summed E-state index contributed by atoms with van der Waals surface area (Å²) in [6.45, 7) is 0.214. The molecule has 5 nitrogen and oxygen atoms in total. The van der Waals surface area contributed by atoms with Crippen molar-refractivity contribution in [2.75, 3.05) is 13.7 Å². The van der Waals surface area contributed by atoms with Gasteiger partial charge in [-0.3, -0.25) is 10.8 Å². The molecule has 1 atom stereocenters. The standard InChI is InChI=1S/C6H12N4O/c1-11-6(8,4-7)5-2-3-9-10-5/h2-3H,4,7-8H2,1H3,(H,9,10). The van der Waals surface area contributed by atoms with Crippen LogP contribution in [0.5, 0.6) is 0 Å². The van der Waals surface area contributed by atoms with Crippen molar-refractivity contribution in [1.82, 2.24) is 10.2 Å². The minimum absolute atomic E-state index is 0.214. The molecule has 0 spiro atoms. The fourth-order valence-electron chi connectivity index (χ4n) is 0.795. The van der Waals surface area contributed by atoms with E-state index in [0.29, 0.717) is 5.69 Å². The quantitative estimate of drug-likeness (QED) is 0.496. The second kappa shape index (κ2) is 3.00. The molecule has 11 heavy (non-hydrogen) atoms. The Kier molecular flexibility index (Phi) is 2.23. The van der Waals surface area contributed by atoms with E-state index in [-0.39, 0.29) is 6.54 Å². The van der Waals surface area contributed by atoms with Crippen molar-refractivity contribution in [3.8, 4) is 0 Å². The topological polar surface area (TPSA) is 89.9 Å².